The molecule has 0 aliphatic carbocycles. The first-order valence-corrected chi connectivity index (χ1v) is 33.6. The molecule has 0 fully saturated rings. The highest BCUT2D eigenvalue weighted by molar-refractivity contribution is 6.16. The van der Waals surface area contributed by atoms with Crippen LogP contribution in [0.1, 0.15) is 0 Å². The maximum Gasteiger partial charge on any atom is 0.0542 e. The third kappa shape index (κ3) is 8.68. The molecule has 4 heterocycles. The largest absolute Gasteiger partial charge is 0.310 e. The minimum absolute atomic E-state index is 1.09. The summed E-state index contributed by atoms with van der Waals surface area (Å²) >= 11 is 0. The first kappa shape index (κ1) is 55.3. The zero-order chi connectivity index (χ0) is 64.4. The summed E-state index contributed by atoms with van der Waals surface area (Å²) in [6, 6.07) is 134. The van der Waals surface area contributed by atoms with Crippen LogP contribution in [0.3, 0.4) is 0 Å². The van der Waals surface area contributed by atoms with Crippen molar-refractivity contribution in [3.05, 3.63) is 364 Å². The maximum atomic E-state index is 2.47. The van der Waals surface area contributed by atoms with Crippen LogP contribution in [-0.4, -0.2) is 18.3 Å². The Kier molecular flexibility index (Phi) is 12.6. The minimum Gasteiger partial charge on any atom is -0.310 e. The van der Waals surface area contributed by atoms with Crippen molar-refractivity contribution < 1.29 is 0 Å². The number of anilines is 6. The lowest BCUT2D eigenvalue weighted by Crippen LogP contribution is -2.09. The minimum atomic E-state index is 1.09. The van der Waals surface area contributed by atoms with Crippen LogP contribution >= 0.6 is 0 Å². The van der Waals surface area contributed by atoms with E-state index in [0.717, 1.165) is 78.9 Å². The summed E-state index contributed by atoms with van der Waals surface area (Å²) in [7, 11) is 0. The van der Waals surface area contributed by atoms with Crippen molar-refractivity contribution in [2.75, 3.05) is 9.80 Å². The van der Waals surface area contributed by atoms with Crippen LogP contribution in [0.2, 0.25) is 0 Å². The van der Waals surface area contributed by atoms with Crippen LogP contribution in [0, 0.1) is 0 Å². The first-order valence-electron chi connectivity index (χ1n) is 33.6. The van der Waals surface area contributed by atoms with E-state index in [2.05, 4.69) is 392 Å². The summed E-state index contributed by atoms with van der Waals surface area (Å²) in [6.45, 7) is 0. The van der Waals surface area contributed by atoms with Crippen LogP contribution in [-0.2, 0) is 0 Å². The molecular formula is C92H60N6. The van der Waals surface area contributed by atoms with Gasteiger partial charge >= 0.3 is 0 Å². The molecule has 98 heavy (non-hydrogen) atoms. The van der Waals surface area contributed by atoms with Gasteiger partial charge in [0.25, 0.3) is 0 Å². The molecule has 0 amide bonds. The molecule has 0 atom stereocenters. The molecule has 4 aromatic heterocycles. The second-order valence-electron chi connectivity index (χ2n) is 25.7. The van der Waals surface area contributed by atoms with E-state index >= 15 is 0 Å². The molecule has 0 N–H and O–H groups in total. The van der Waals surface area contributed by atoms with E-state index in [4.69, 9.17) is 0 Å². The lowest BCUT2D eigenvalue weighted by atomic mass is 9.93. The molecule has 0 bridgehead atoms. The zero-order valence-corrected chi connectivity index (χ0v) is 53.3. The highest BCUT2D eigenvalue weighted by Crippen LogP contribution is 2.46. The van der Waals surface area contributed by atoms with Crippen LogP contribution in [0.15, 0.2) is 364 Å². The van der Waals surface area contributed by atoms with Gasteiger partial charge in [0, 0.05) is 100.0 Å². The summed E-state index contributed by atoms with van der Waals surface area (Å²) in [6.07, 6.45) is 0. The molecule has 20 aromatic rings. The number of hydrogen-bond donors (Lipinski definition) is 0. The molecule has 6 heteroatoms. The lowest BCUT2D eigenvalue weighted by molar-refractivity contribution is 1.17. The van der Waals surface area contributed by atoms with Gasteiger partial charge in [0.05, 0.1) is 44.1 Å². The normalized spacial score (nSPS) is 11.9. The van der Waals surface area contributed by atoms with E-state index in [9.17, 15) is 0 Å². The SMILES string of the molecule is c1ccc(N(c2ccccc2)c2ccc3c(c2)c2cc(-n4c5ccccc5c5ccccc54)ccc2n3-c2ccc3c(-c4cccc5cc(-n6c7ccc(N(c8ccccc8)c8ccccc8)cc7c7cc(-n8c9ccccc9c9ccccc98)ccc76)ccc45)cccc3c2)cc1. The van der Waals surface area contributed by atoms with Gasteiger partial charge in [-0.1, -0.05) is 194 Å². The summed E-state index contributed by atoms with van der Waals surface area (Å²) in [5, 5.41) is 14.4. The Morgan fingerprint density at radius 2 is 0.418 bits per heavy atom. The predicted molar refractivity (Wildman–Crippen MR) is 414 cm³/mol. The van der Waals surface area contributed by atoms with E-state index in [1.165, 1.54) is 97.8 Å². The highest BCUT2D eigenvalue weighted by atomic mass is 15.2. The Labute approximate surface area is 565 Å². The number of rotatable bonds is 11. The smallest absolute Gasteiger partial charge is 0.0542 e. The van der Waals surface area contributed by atoms with Crippen molar-refractivity contribution in [1.82, 2.24) is 18.3 Å². The van der Waals surface area contributed by atoms with Gasteiger partial charge in [-0.2, -0.15) is 0 Å². The van der Waals surface area contributed by atoms with Crippen LogP contribution in [0.5, 0.6) is 0 Å². The molecule has 20 rings (SSSR count). The van der Waals surface area contributed by atoms with Crippen molar-refractivity contribution in [2.24, 2.45) is 0 Å². The highest BCUT2D eigenvalue weighted by Gasteiger charge is 2.24. The fourth-order valence-electron chi connectivity index (χ4n) is 16.0. The molecule has 0 saturated heterocycles. The van der Waals surface area contributed by atoms with Crippen molar-refractivity contribution in [1.29, 1.82) is 0 Å². The zero-order valence-electron chi connectivity index (χ0n) is 53.3. The second-order valence-corrected chi connectivity index (χ2v) is 25.7. The Bertz CT molecular complexity index is 5970. The van der Waals surface area contributed by atoms with Gasteiger partial charge in [0.2, 0.25) is 0 Å². The molecule has 6 nitrogen and oxygen atoms in total. The Morgan fingerprint density at radius 1 is 0.153 bits per heavy atom. The van der Waals surface area contributed by atoms with Gasteiger partial charge in [-0.05, 0) is 203 Å². The van der Waals surface area contributed by atoms with E-state index in [1.807, 2.05) is 0 Å². The van der Waals surface area contributed by atoms with Crippen LogP contribution in [0.4, 0.5) is 34.1 Å². The van der Waals surface area contributed by atoms with Gasteiger partial charge in [-0.3, -0.25) is 0 Å². The molecular weight excluding hydrogens is 1190 g/mol. The van der Waals surface area contributed by atoms with Crippen molar-refractivity contribution in [3.63, 3.8) is 0 Å². The fraction of sp³-hybridized carbons (Fsp3) is 0. The van der Waals surface area contributed by atoms with Crippen LogP contribution < -0.4 is 9.80 Å². The van der Waals surface area contributed by atoms with Crippen molar-refractivity contribution in [2.45, 2.75) is 0 Å². The molecule has 0 spiro atoms. The summed E-state index contributed by atoms with van der Waals surface area (Å²) < 4.78 is 9.79. The van der Waals surface area contributed by atoms with Gasteiger partial charge in [-0.15, -0.1) is 0 Å². The van der Waals surface area contributed by atoms with E-state index in [-0.39, 0.29) is 0 Å². The lowest BCUT2D eigenvalue weighted by Gasteiger charge is -2.25. The number of fused-ring (bicyclic) bond motifs is 14. The molecule has 0 aliphatic rings. The quantitative estimate of drug-likeness (QED) is 0.129. The summed E-state index contributed by atoms with van der Waals surface area (Å²) in [5.74, 6) is 0. The Morgan fingerprint density at radius 3 is 0.755 bits per heavy atom. The van der Waals surface area contributed by atoms with Gasteiger partial charge in [-0.25, -0.2) is 0 Å². The topological polar surface area (TPSA) is 26.2 Å². The summed E-state index contributed by atoms with van der Waals surface area (Å²) in [5.41, 5.74) is 22.7. The average molecular weight is 1250 g/mol. The monoisotopic (exact) mass is 1250 g/mol. The van der Waals surface area contributed by atoms with Gasteiger partial charge < -0.3 is 28.1 Å². The molecule has 0 unspecified atom stereocenters. The molecule has 0 radical (unpaired) electrons. The van der Waals surface area contributed by atoms with Crippen molar-refractivity contribution >= 4 is 143 Å². The third-order valence-corrected chi connectivity index (χ3v) is 20.2. The average Bonchev–Trinajstić information content (AvgIpc) is 1.56. The number of aromatic nitrogens is 4. The van der Waals surface area contributed by atoms with Crippen LogP contribution in [0.25, 0.3) is 143 Å². The molecule has 458 valence electrons. The number of benzene rings is 16. The fourth-order valence-corrected chi connectivity index (χ4v) is 16.0. The third-order valence-electron chi connectivity index (χ3n) is 20.2. The van der Waals surface area contributed by atoms with Gasteiger partial charge in [0.15, 0.2) is 0 Å². The van der Waals surface area contributed by atoms with E-state index < -0.39 is 0 Å². The molecule has 16 aromatic carbocycles. The van der Waals surface area contributed by atoms with Crippen molar-refractivity contribution in [3.8, 4) is 33.9 Å². The number of para-hydroxylation sites is 8. The molecule has 0 saturated carbocycles. The summed E-state index contributed by atoms with van der Waals surface area (Å²) in [4.78, 5) is 4.72. The number of nitrogens with zero attached hydrogens (tertiary/aromatic N) is 6. The standard InChI is InChI=1S/C92H60N6/c1-5-25-63(26-6-1)93(64-27-7-2-8-28-64)69-45-51-89-81(57-69)83-59-71(97-85-39-17-13-33-77(85)78-34-14-18-40-86(78)97)47-53-91(83)95(89)67-43-49-73-61(55-67)23-21-37-75(73)76-38-22-24-62-56-68(44-50-74(62)76)96-90-52-46-70(94(65-29-9-3-10-30-65)66-31-11-4-12-32-66)58-82(90)84-60-72(48-54-92(84)96)98-87-41-19-15-35-79(87)80-36-16-20-42-88(80)98/h1-60H. The number of hydrogen-bond acceptors (Lipinski definition) is 2. The molecule has 0 aliphatic heterocycles. The second kappa shape index (κ2) is 22.2. The van der Waals surface area contributed by atoms with E-state index in [0.29, 0.717) is 0 Å². The predicted octanol–water partition coefficient (Wildman–Crippen LogP) is 25.0. The first-order chi connectivity index (χ1) is 48.6. The maximum absolute atomic E-state index is 2.47. The Balaban J connectivity index is 0.729. The van der Waals surface area contributed by atoms with E-state index in [1.54, 1.807) is 0 Å². The Hall–Kier alpha value is -13.2. The van der Waals surface area contributed by atoms with Gasteiger partial charge in [0.1, 0.15) is 0 Å².